The zero-order chi connectivity index (χ0) is 17.4. The first-order chi connectivity index (χ1) is 12.1. The van der Waals surface area contributed by atoms with Gasteiger partial charge in [0.15, 0.2) is 5.82 Å². The molecule has 1 aliphatic heterocycles. The lowest BCUT2D eigenvalue weighted by molar-refractivity contribution is -0.143. The number of likely N-dealkylation sites (tertiary alicyclic amines) is 1. The number of rotatable bonds is 4. The van der Waals surface area contributed by atoms with Crippen molar-refractivity contribution in [2.45, 2.75) is 31.6 Å². The molecule has 2 aliphatic rings. The average molecular weight is 341 g/mol. The Balaban J connectivity index is 1.47. The van der Waals surface area contributed by atoms with Crippen LogP contribution in [0.1, 0.15) is 47.8 Å². The molecular formula is C18H19N3O4. The van der Waals surface area contributed by atoms with E-state index in [4.69, 9.17) is 9.63 Å². The Bertz CT molecular complexity index is 795. The highest BCUT2D eigenvalue weighted by molar-refractivity contribution is 5.95. The average Bonchev–Trinajstić information content (AvgIpc) is 3.38. The molecule has 0 spiro atoms. The second-order valence-corrected chi connectivity index (χ2v) is 6.74. The lowest BCUT2D eigenvalue weighted by Crippen LogP contribution is -2.42. The van der Waals surface area contributed by atoms with Crippen molar-refractivity contribution in [2.24, 2.45) is 5.92 Å². The highest BCUT2D eigenvalue weighted by Crippen LogP contribution is 2.38. The van der Waals surface area contributed by atoms with E-state index in [-0.39, 0.29) is 12.5 Å². The van der Waals surface area contributed by atoms with Crippen molar-refractivity contribution >= 4 is 11.9 Å². The van der Waals surface area contributed by atoms with E-state index in [1.807, 2.05) is 0 Å². The molecule has 4 rings (SSSR count). The third kappa shape index (κ3) is 3.26. The lowest BCUT2D eigenvalue weighted by atomic mass is 9.97. The number of nitrogens with zero attached hydrogens (tertiary/aromatic N) is 3. The molecule has 7 nitrogen and oxygen atoms in total. The minimum atomic E-state index is -0.837. The minimum absolute atomic E-state index is 0.137. The summed E-state index contributed by atoms with van der Waals surface area (Å²) in [5.41, 5.74) is 1.31. The molecule has 2 fully saturated rings. The molecule has 1 atom stereocenters. The van der Waals surface area contributed by atoms with Crippen molar-refractivity contribution in [2.75, 3.05) is 13.1 Å². The van der Waals surface area contributed by atoms with Gasteiger partial charge in [0.25, 0.3) is 11.8 Å². The van der Waals surface area contributed by atoms with Gasteiger partial charge < -0.3 is 14.5 Å². The first-order valence-corrected chi connectivity index (χ1v) is 8.58. The second kappa shape index (κ2) is 6.31. The smallest absolute Gasteiger partial charge is 0.308 e. The molecule has 1 aromatic carbocycles. The Hall–Kier alpha value is -2.70. The van der Waals surface area contributed by atoms with E-state index in [0.717, 1.165) is 24.2 Å². The van der Waals surface area contributed by atoms with Crippen LogP contribution in [0.15, 0.2) is 28.8 Å². The standard InChI is InChI=1S/C18H19N3O4/c22-17(21-9-1-2-14(10-21)18(23)24)13-7-5-12(6-8-13)16-19-15(20-25-16)11-3-4-11/h5-8,11,14H,1-4,9-10H2,(H,23,24)/t14-/m1/s1. The summed E-state index contributed by atoms with van der Waals surface area (Å²) in [4.78, 5) is 29.8. The van der Waals surface area contributed by atoms with Gasteiger partial charge in [0.05, 0.1) is 5.92 Å². The van der Waals surface area contributed by atoms with Crippen LogP contribution >= 0.6 is 0 Å². The minimum Gasteiger partial charge on any atom is -0.481 e. The molecule has 1 N–H and O–H groups in total. The van der Waals surface area contributed by atoms with Crippen molar-refractivity contribution in [1.29, 1.82) is 0 Å². The highest BCUT2D eigenvalue weighted by atomic mass is 16.5. The second-order valence-electron chi connectivity index (χ2n) is 6.74. The third-order valence-electron chi connectivity index (χ3n) is 4.82. The number of hydrogen-bond acceptors (Lipinski definition) is 5. The normalized spacial score (nSPS) is 20.5. The van der Waals surface area contributed by atoms with Crippen molar-refractivity contribution in [3.05, 3.63) is 35.7 Å². The number of benzene rings is 1. The van der Waals surface area contributed by atoms with Gasteiger partial charge in [-0.25, -0.2) is 0 Å². The largest absolute Gasteiger partial charge is 0.481 e. The summed E-state index contributed by atoms with van der Waals surface area (Å²) in [5.74, 6) is 0.196. The highest BCUT2D eigenvalue weighted by Gasteiger charge is 2.30. The predicted octanol–water partition coefficient (Wildman–Crippen LogP) is 2.55. The molecule has 1 saturated carbocycles. The maximum atomic E-state index is 12.6. The molecule has 0 bridgehead atoms. The van der Waals surface area contributed by atoms with Crippen LogP contribution in [-0.2, 0) is 4.79 Å². The third-order valence-corrected chi connectivity index (χ3v) is 4.82. The molecule has 25 heavy (non-hydrogen) atoms. The monoisotopic (exact) mass is 341 g/mol. The number of aromatic nitrogens is 2. The summed E-state index contributed by atoms with van der Waals surface area (Å²) >= 11 is 0. The summed E-state index contributed by atoms with van der Waals surface area (Å²) < 4.78 is 5.29. The maximum Gasteiger partial charge on any atom is 0.308 e. The molecule has 2 aromatic rings. The zero-order valence-electron chi connectivity index (χ0n) is 13.7. The Labute approximate surface area is 144 Å². The lowest BCUT2D eigenvalue weighted by Gasteiger charge is -2.30. The van der Waals surface area contributed by atoms with Crippen molar-refractivity contribution in [3.63, 3.8) is 0 Å². The van der Waals surface area contributed by atoms with Crippen LogP contribution in [0.4, 0.5) is 0 Å². The Kier molecular flexibility index (Phi) is 3.99. The SMILES string of the molecule is O=C(O)[C@@H]1CCCN(C(=O)c2ccc(-c3nc(C4CC4)no3)cc2)C1. The topological polar surface area (TPSA) is 96.5 Å². The molecular weight excluding hydrogens is 322 g/mol. The molecule has 1 saturated heterocycles. The number of hydrogen-bond donors (Lipinski definition) is 1. The molecule has 0 unspecified atom stereocenters. The number of aliphatic carboxylic acids is 1. The molecule has 2 heterocycles. The molecule has 0 radical (unpaired) electrons. The van der Waals surface area contributed by atoms with Gasteiger partial charge in [-0.15, -0.1) is 0 Å². The van der Waals surface area contributed by atoms with E-state index in [2.05, 4.69) is 10.1 Å². The van der Waals surface area contributed by atoms with Gasteiger partial charge in [-0.3, -0.25) is 9.59 Å². The van der Waals surface area contributed by atoms with Crippen molar-refractivity contribution < 1.29 is 19.2 Å². The van der Waals surface area contributed by atoms with Crippen molar-refractivity contribution in [3.8, 4) is 11.5 Å². The van der Waals surface area contributed by atoms with Gasteiger partial charge in [0.2, 0.25) is 0 Å². The van der Waals surface area contributed by atoms with E-state index in [1.54, 1.807) is 29.2 Å². The van der Waals surface area contributed by atoms with Gasteiger partial charge >= 0.3 is 5.97 Å². The maximum absolute atomic E-state index is 12.6. The van der Waals surface area contributed by atoms with E-state index >= 15 is 0 Å². The summed E-state index contributed by atoms with van der Waals surface area (Å²) in [5, 5.41) is 13.1. The van der Waals surface area contributed by atoms with Crippen LogP contribution in [0, 0.1) is 5.92 Å². The Morgan fingerprint density at radius 3 is 2.60 bits per heavy atom. The van der Waals surface area contributed by atoms with Crippen LogP contribution in [0.5, 0.6) is 0 Å². The molecule has 130 valence electrons. The molecule has 1 aliphatic carbocycles. The summed E-state index contributed by atoms with van der Waals surface area (Å²) in [6.45, 7) is 0.864. The van der Waals surface area contributed by atoms with Gasteiger partial charge in [-0.05, 0) is 49.9 Å². The van der Waals surface area contributed by atoms with Gasteiger partial charge in [-0.1, -0.05) is 5.16 Å². The van der Waals surface area contributed by atoms with E-state index in [9.17, 15) is 9.59 Å². The first-order valence-electron chi connectivity index (χ1n) is 8.58. The van der Waals surface area contributed by atoms with Crippen molar-refractivity contribution in [1.82, 2.24) is 15.0 Å². The molecule has 1 amide bonds. The summed E-state index contributed by atoms with van der Waals surface area (Å²) in [6, 6.07) is 7.03. The fraction of sp³-hybridized carbons (Fsp3) is 0.444. The number of piperidine rings is 1. The summed E-state index contributed by atoms with van der Waals surface area (Å²) in [7, 11) is 0. The Morgan fingerprint density at radius 1 is 1.16 bits per heavy atom. The van der Waals surface area contributed by atoms with Crippen LogP contribution < -0.4 is 0 Å². The number of carboxylic acid groups (broad SMARTS) is 1. The van der Waals surface area contributed by atoms with Gasteiger partial charge in [0.1, 0.15) is 0 Å². The van der Waals surface area contributed by atoms with Crippen LogP contribution in [-0.4, -0.2) is 45.1 Å². The quantitative estimate of drug-likeness (QED) is 0.918. The Morgan fingerprint density at radius 2 is 1.92 bits per heavy atom. The number of carbonyl (C=O) groups excluding carboxylic acids is 1. The van der Waals surface area contributed by atoms with E-state index < -0.39 is 11.9 Å². The number of amides is 1. The summed E-state index contributed by atoms with van der Waals surface area (Å²) in [6.07, 6.45) is 3.56. The fourth-order valence-electron chi connectivity index (χ4n) is 3.16. The first kappa shape index (κ1) is 15.8. The van der Waals surface area contributed by atoms with E-state index in [1.165, 1.54) is 0 Å². The number of carboxylic acids is 1. The van der Waals surface area contributed by atoms with Gasteiger partial charge in [-0.2, -0.15) is 4.98 Å². The molecule has 7 heteroatoms. The number of carbonyl (C=O) groups is 2. The predicted molar refractivity (Wildman–Crippen MR) is 88.0 cm³/mol. The molecule has 1 aromatic heterocycles. The van der Waals surface area contributed by atoms with Crippen LogP contribution in [0.3, 0.4) is 0 Å². The van der Waals surface area contributed by atoms with E-state index in [0.29, 0.717) is 36.8 Å². The van der Waals surface area contributed by atoms with Crippen LogP contribution in [0.2, 0.25) is 0 Å². The van der Waals surface area contributed by atoms with Crippen LogP contribution in [0.25, 0.3) is 11.5 Å². The fourth-order valence-corrected chi connectivity index (χ4v) is 3.16. The zero-order valence-corrected chi connectivity index (χ0v) is 13.7. The van der Waals surface area contributed by atoms with Gasteiger partial charge in [0, 0.05) is 30.1 Å².